The van der Waals surface area contributed by atoms with Gasteiger partial charge in [-0.05, 0) is 36.8 Å². The van der Waals surface area contributed by atoms with E-state index in [4.69, 9.17) is 0 Å². The maximum absolute atomic E-state index is 13.3. The van der Waals surface area contributed by atoms with Gasteiger partial charge in [0.15, 0.2) is 5.16 Å². The highest BCUT2D eigenvalue weighted by Crippen LogP contribution is 2.31. The van der Waals surface area contributed by atoms with Crippen molar-refractivity contribution in [1.82, 2.24) is 15.0 Å². The molecule has 0 aliphatic rings. The molecule has 1 aromatic heterocycles. The molecule has 0 atom stereocenters. The molecule has 1 heterocycles. The number of halogens is 3. The minimum atomic E-state index is -4.54. The lowest BCUT2D eigenvalue weighted by Crippen LogP contribution is -2.24. The monoisotopic (exact) mass is 496 g/mol. The topological polar surface area (TPSA) is 76.3 Å². The second-order valence-electron chi connectivity index (χ2n) is 7.51. The van der Waals surface area contributed by atoms with Crippen LogP contribution in [0.2, 0.25) is 0 Å². The van der Waals surface area contributed by atoms with Gasteiger partial charge in [-0.2, -0.15) is 18.3 Å². The summed E-state index contributed by atoms with van der Waals surface area (Å²) in [6, 6.07) is 19.2. The molecule has 0 fully saturated rings. The van der Waals surface area contributed by atoms with Gasteiger partial charge in [0.1, 0.15) is 0 Å². The van der Waals surface area contributed by atoms with E-state index in [1.165, 1.54) is 22.8 Å². The second kappa shape index (κ2) is 10.1. The molecule has 0 spiro atoms. The molecule has 0 bridgehead atoms. The van der Waals surface area contributed by atoms with E-state index in [0.29, 0.717) is 21.7 Å². The fourth-order valence-electron chi connectivity index (χ4n) is 3.44. The summed E-state index contributed by atoms with van der Waals surface area (Å²) in [5.74, 6) is -0.718. The number of aryl methyl sites for hydroxylation is 1. The molecule has 0 saturated heterocycles. The SMILES string of the molecule is Cc1ccccc1-n1c(SCC(=O)N/N=C/c2ccccc2C(F)(F)F)nc2ccccc2c1=O. The summed E-state index contributed by atoms with van der Waals surface area (Å²) >= 11 is 1.03. The lowest BCUT2D eigenvalue weighted by molar-refractivity contribution is -0.137. The van der Waals surface area contributed by atoms with Gasteiger partial charge >= 0.3 is 6.18 Å². The molecule has 0 radical (unpaired) electrons. The van der Waals surface area contributed by atoms with Crippen LogP contribution in [-0.4, -0.2) is 27.4 Å². The van der Waals surface area contributed by atoms with E-state index in [2.05, 4.69) is 15.5 Å². The summed E-state index contributed by atoms with van der Waals surface area (Å²) in [7, 11) is 0. The van der Waals surface area contributed by atoms with E-state index in [1.54, 1.807) is 36.4 Å². The number of hydrogen-bond donors (Lipinski definition) is 1. The smallest absolute Gasteiger partial charge is 0.272 e. The minimum Gasteiger partial charge on any atom is -0.272 e. The van der Waals surface area contributed by atoms with Crippen molar-refractivity contribution in [2.24, 2.45) is 5.10 Å². The minimum absolute atomic E-state index is 0.158. The fourth-order valence-corrected chi connectivity index (χ4v) is 4.24. The van der Waals surface area contributed by atoms with Crippen molar-refractivity contribution in [2.75, 3.05) is 5.75 Å². The van der Waals surface area contributed by atoms with Gasteiger partial charge in [-0.3, -0.25) is 14.2 Å². The van der Waals surface area contributed by atoms with E-state index in [9.17, 15) is 22.8 Å². The summed E-state index contributed by atoms with van der Waals surface area (Å²) in [6.07, 6.45) is -3.59. The molecule has 6 nitrogen and oxygen atoms in total. The first kappa shape index (κ1) is 24.2. The number of alkyl halides is 3. The number of rotatable bonds is 6. The van der Waals surface area contributed by atoms with Crippen LogP contribution in [0.1, 0.15) is 16.7 Å². The van der Waals surface area contributed by atoms with Gasteiger partial charge in [0.05, 0.1) is 34.1 Å². The Morgan fingerprint density at radius 1 is 1.06 bits per heavy atom. The third-order valence-electron chi connectivity index (χ3n) is 5.09. The Morgan fingerprint density at radius 3 is 2.51 bits per heavy atom. The average molecular weight is 497 g/mol. The molecule has 10 heteroatoms. The van der Waals surface area contributed by atoms with Crippen LogP contribution in [0, 0.1) is 6.92 Å². The van der Waals surface area contributed by atoms with Crippen LogP contribution >= 0.6 is 11.8 Å². The first-order chi connectivity index (χ1) is 16.8. The van der Waals surface area contributed by atoms with Crippen LogP contribution in [0.4, 0.5) is 13.2 Å². The Labute approximate surface area is 202 Å². The summed E-state index contributed by atoms with van der Waals surface area (Å²) in [6.45, 7) is 1.87. The van der Waals surface area contributed by atoms with E-state index < -0.39 is 17.6 Å². The van der Waals surface area contributed by atoms with Crippen molar-refractivity contribution >= 4 is 34.8 Å². The van der Waals surface area contributed by atoms with Crippen molar-refractivity contribution in [3.05, 3.63) is 99.8 Å². The molecular weight excluding hydrogens is 477 g/mol. The Hall–Kier alpha value is -3.92. The van der Waals surface area contributed by atoms with Crippen LogP contribution in [0.5, 0.6) is 0 Å². The molecule has 4 aromatic rings. The number of nitrogens with zero attached hydrogens (tertiary/aromatic N) is 3. The lowest BCUT2D eigenvalue weighted by atomic mass is 10.1. The van der Waals surface area contributed by atoms with Crippen molar-refractivity contribution in [1.29, 1.82) is 0 Å². The largest absolute Gasteiger partial charge is 0.417 e. The predicted molar refractivity (Wildman–Crippen MR) is 130 cm³/mol. The van der Waals surface area contributed by atoms with E-state index in [1.807, 2.05) is 19.1 Å². The number of carbonyl (C=O) groups excluding carboxylic acids is 1. The number of aromatic nitrogens is 2. The van der Waals surface area contributed by atoms with Gasteiger partial charge in [0.2, 0.25) is 0 Å². The zero-order valence-electron chi connectivity index (χ0n) is 18.4. The highest BCUT2D eigenvalue weighted by atomic mass is 32.2. The predicted octanol–water partition coefficient (Wildman–Crippen LogP) is 4.96. The number of amides is 1. The number of para-hydroxylation sites is 2. The van der Waals surface area contributed by atoms with Gasteiger partial charge in [-0.15, -0.1) is 0 Å². The number of carbonyl (C=O) groups is 1. The molecule has 178 valence electrons. The maximum atomic E-state index is 13.3. The molecule has 3 aromatic carbocycles. The number of fused-ring (bicyclic) bond motifs is 1. The first-order valence-corrected chi connectivity index (χ1v) is 11.4. The number of nitrogens with one attached hydrogen (secondary N) is 1. The Bertz CT molecular complexity index is 1480. The first-order valence-electron chi connectivity index (χ1n) is 10.4. The summed E-state index contributed by atoms with van der Waals surface area (Å²) in [5, 5.41) is 4.42. The third kappa shape index (κ3) is 5.43. The van der Waals surface area contributed by atoms with Crippen LogP contribution in [0.15, 0.2) is 87.8 Å². The fraction of sp³-hybridized carbons (Fsp3) is 0.120. The van der Waals surface area contributed by atoms with Gasteiger partial charge in [-0.1, -0.05) is 60.3 Å². The molecule has 35 heavy (non-hydrogen) atoms. The molecule has 4 rings (SSSR count). The zero-order chi connectivity index (χ0) is 25.0. The number of benzene rings is 3. The number of thioether (sulfide) groups is 1. The number of hydrazone groups is 1. The molecule has 0 unspecified atom stereocenters. The molecule has 1 N–H and O–H groups in total. The standard InChI is InChI=1S/C25H19F3N4O2S/c1-16-8-2-7-13-21(16)32-23(34)18-10-4-6-12-20(18)30-24(32)35-15-22(33)31-29-14-17-9-3-5-11-19(17)25(26,27)28/h2-14H,15H2,1H3,(H,31,33)/b29-14+. The molecule has 1 amide bonds. The van der Waals surface area contributed by atoms with E-state index in [0.717, 1.165) is 29.6 Å². The van der Waals surface area contributed by atoms with Crippen LogP contribution < -0.4 is 11.0 Å². The molecular formula is C25H19F3N4O2S. The van der Waals surface area contributed by atoms with Crippen molar-refractivity contribution in [3.8, 4) is 5.69 Å². The van der Waals surface area contributed by atoms with Crippen LogP contribution in [-0.2, 0) is 11.0 Å². The summed E-state index contributed by atoms with van der Waals surface area (Å²) < 4.78 is 40.8. The lowest BCUT2D eigenvalue weighted by Gasteiger charge is -2.14. The van der Waals surface area contributed by atoms with Crippen molar-refractivity contribution in [3.63, 3.8) is 0 Å². The van der Waals surface area contributed by atoms with Gasteiger partial charge in [0.25, 0.3) is 11.5 Å². The molecule has 0 saturated carbocycles. The maximum Gasteiger partial charge on any atom is 0.417 e. The van der Waals surface area contributed by atoms with Crippen molar-refractivity contribution < 1.29 is 18.0 Å². The van der Waals surface area contributed by atoms with Crippen molar-refractivity contribution in [2.45, 2.75) is 18.3 Å². The normalized spacial score (nSPS) is 11.8. The van der Waals surface area contributed by atoms with E-state index in [-0.39, 0.29) is 16.9 Å². The highest BCUT2D eigenvalue weighted by molar-refractivity contribution is 7.99. The third-order valence-corrected chi connectivity index (χ3v) is 6.03. The average Bonchev–Trinajstić information content (AvgIpc) is 2.83. The number of hydrogen-bond acceptors (Lipinski definition) is 5. The molecule has 0 aliphatic heterocycles. The zero-order valence-corrected chi connectivity index (χ0v) is 19.2. The Morgan fingerprint density at radius 2 is 1.74 bits per heavy atom. The van der Waals surface area contributed by atoms with Gasteiger partial charge in [-0.25, -0.2) is 10.4 Å². The summed E-state index contributed by atoms with van der Waals surface area (Å²) in [4.78, 5) is 30.2. The van der Waals surface area contributed by atoms with Gasteiger partial charge in [0, 0.05) is 5.56 Å². The second-order valence-corrected chi connectivity index (χ2v) is 8.45. The van der Waals surface area contributed by atoms with Gasteiger partial charge < -0.3 is 0 Å². The Balaban J connectivity index is 1.56. The molecule has 0 aliphatic carbocycles. The highest BCUT2D eigenvalue weighted by Gasteiger charge is 2.32. The Kier molecular flexibility index (Phi) is 7.02. The van der Waals surface area contributed by atoms with Crippen LogP contribution in [0.3, 0.4) is 0 Å². The summed E-state index contributed by atoms with van der Waals surface area (Å²) in [5.41, 5.74) is 2.92. The quantitative estimate of drug-likeness (QED) is 0.177. The van der Waals surface area contributed by atoms with Crippen LogP contribution in [0.25, 0.3) is 16.6 Å². The van der Waals surface area contributed by atoms with E-state index >= 15 is 0 Å².